The lowest BCUT2D eigenvalue weighted by Crippen LogP contribution is -2.49. The number of aliphatic hydroxyl groups excluding tert-OH is 4. The van der Waals surface area contributed by atoms with Crippen molar-refractivity contribution in [1.82, 2.24) is 19.6 Å². The van der Waals surface area contributed by atoms with Crippen molar-refractivity contribution in [3.05, 3.63) is 129 Å². The fraction of sp³-hybridized carbons (Fsp3) is 0.538. The van der Waals surface area contributed by atoms with Gasteiger partial charge in [-0.15, -0.1) is 0 Å². The van der Waals surface area contributed by atoms with E-state index >= 15 is 0 Å². The Bertz CT molecular complexity index is 2060. The van der Waals surface area contributed by atoms with Gasteiger partial charge in [-0.05, 0) is 95.5 Å². The highest BCUT2D eigenvalue weighted by Gasteiger charge is 2.42. The molecule has 4 aliphatic heterocycles. The third kappa shape index (κ3) is 12.7. The average molecular weight is 957 g/mol. The molecule has 0 unspecified atom stereocenters. The predicted octanol–water partition coefficient (Wildman–Crippen LogP) is 6.85. The zero-order chi connectivity index (χ0) is 48.6. The average Bonchev–Trinajstić information content (AvgIpc) is 3.31. The number of likely N-dealkylation sites (tertiary alicyclic amines) is 2. The van der Waals surface area contributed by atoms with Gasteiger partial charge in [-0.1, -0.05) is 60.7 Å². The Morgan fingerprint density at radius 2 is 0.912 bits per heavy atom. The van der Waals surface area contributed by atoms with Gasteiger partial charge in [-0.25, -0.2) is 17.6 Å². The summed E-state index contributed by atoms with van der Waals surface area (Å²) in [5, 5.41) is 37.5. The fourth-order valence-corrected chi connectivity index (χ4v) is 10.0. The molecule has 2 saturated heterocycles. The second-order valence-electron chi connectivity index (χ2n) is 19.1. The second kappa shape index (κ2) is 23.1. The normalized spacial score (nSPS) is 21.8. The fourth-order valence-electron chi connectivity index (χ4n) is 10.0. The molecule has 4 aromatic rings. The summed E-state index contributed by atoms with van der Waals surface area (Å²) < 4.78 is 93.9. The van der Waals surface area contributed by atoms with E-state index in [9.17, 15) is 46.8 Å². The SMILES string of the molecule is C[C@@H]1Cc2cc(CO)ccc2[C@@H](c2ccc(OCCN3CC(CF)C3)cc2)N1CC(F)(F)CO.C[C@H]1Cc2cc(CO)ccc2[C@H](c2ccc(OCCN3CC(CF)C3)cc2)N1CC(F)(F)CO. The first-order valence-electron chi connectivity index (χ1n) is 23.6. The van der Waals surface area contributed by atoms with Crippen LogP contribution in [0, 0.1) is 11.8 Å². The van der Waals surface area contributed by atoms with E-state index in [-0.39, 0.29) is 50.5 Å². The van der Waals surface area contributed by atoms with Crippen LogP contribution in [0.25, 0.3) is 0 Å². The summed E-state index contributed by atoms with van der Waals surface area (Å²) in [6.07, 6.45) is 1.17. The molecule has 4 aliphatic rings. The van der Waals surface area contributed by atoms with Gasteiger partial charge in [0.1, 0.15) is 37.9 Å². The molecular weight excluding hydrogens is 891 g/mol. The summed E-state index contributed by atoms with van der Waals surface area (Å²) in [5.41, 5.74) is 7.24. The lowest BCUT2D eigenvalue weighted by atomic mass is 9.84. The molecule has 0 aliphatic carbocycles. The smallest absolute Gasteiger partial charge is 0.283 e. The predicted molar refractivity (Wildman–Crippen MR) is 248 cm³/mol. The van der Waals surface area contributed by atoms with Gasteiger partial charge in [0.25, 0.3) is 11.8 Å². The van der Waals surface area contributed by atoms with Crippen molar-refractivity contribution in [3.63, 3.8) is 0 Å². The van der Waals surface area contributed by atoms with Crippen LogP contribution in [-0.2, 0) is 26.1 Å². The van der Waals surface area contributed by atoms with Gasteiger partial charge in [0.05, 0.1) is 51.7 Å². The van der Waals surface area contributed by atoms with Crippen LogP contribution in [0.1, 0.15) is 70.4 Å². The first kappa shape index (κ1) is 51.6. The number of benzene rings is 4. The highest BCUT2D eigenvalue weighted by atomic mass is 19.3. The van der Waals surface area contributed by atoms with Crippen molar-refractivity contribution in [2.75, 3.05) is 92.1 Å². The van der Waals surface area contributed by atoms with Crippen molar-refractivity contribution in [3.8, 4) is 11.5 Å². The van der Waals surface area contributed by atoms with E-state index in [1.54, 1.807) is 9.80 Å². The number of halogens is 6. The Labute approximate surface area is 395 Å². The molecule has 0 spiro atoms. The van der Waals surface area contributed by atoms with Crippen LogP contribution < -0.4 is 9.47 Å². The maximum absolute atomic E-state index is 14.3. The Morgan fingerprint density at radius 1 is 0.544 bits per heavy atom. The number of alkyl halides is 6. The molecule has 0 saturated carbocycles. The van der Waals surface area contributed by atoms with E-state index in [4.69, 9.17) is 9.47 Å². The molecule has 8 rings (SSSR count). The van der Waals surface area contributed by atoms with Crippen LogP contribution in [0.2, 0.25) is 0 Å². The first-order chi connectivity index (χ1) is 32.7. The number of hydrogen-bond acceptors (Lipinski definition) is 10. The second-order valence-corrected chi connectivity index (χ2v) is 19.1. The molecule has 4 atom stereocenters. The third-order valence-corrected chi connectivity index (χ3v) is 13.7. The van der Waals surface area contributed by atoms with Crippen LogP contribution in [0.5, 0.6) is 11.5 Å². The van der Waals surface area contributed by atoms with Crippen molar-refractivity contribution in [2.45, 2.75) is 75.9 Å². The molecule has 4 N–H and O–H groups in total. The highest BCUT2D eigenvalue weighted by Crippen LogP contribution is 2.42. The first-order valence-corrected chi connectivity index (χ1v) is 23.6. The van der Waals surface area contributed by atoms with Gasteiger partial charge in [0.15, 0.2) is 0 Å². The Hall–Kier alpha value is -4.26. The number of hydrogen-bond donors (Lipinski definition) is 4. The zero-order valence-electron chi connectivity index (χ0n) is 38.9. The number of nitrogens with zero attached hydrogens (tertiary/aromatic N) is 4. The molecule has 4 heterocycles. The minimum atomic E-state index is -3.21. The molecule has 16 heteroatoms. The van der Waals surface area contributed by atoms with Crippen molar-refractivity contribution >= 4 is 0 Å². The van der Waals surface area contributed by atoms with Gasteiger partial charge < -0.3 is 29.9 Å². The zero-order valence-corrected chi connectivity index (χ0v) is 38.9. The molecule has 4 aromatic carbocycles. The topological polar surface area (TPSA) is 112 Å². The molecule has 372 valence electrons. The Morgan fingerprint density at radius 3 is 1.24 bits per heavy atom. The lowest BCUT2D eigenvalue weighted by Gasteiger charge is -2.43. The maximum Gasteiger partial charge on any atom is 0.283 e. The van der Waals surface area contributed by atoms with Crippen LogP contribution in [0.4, 0.5) is 26.3 Å². The van der Waals surface area contributed by atoms with Gasteiger partial charge in [-0.2, -0.15) is 0 Å². The van der Waals surface area contributed by atoms with E-state index in [2.05, 4.69) is 9.80 Å². The highest BCUT2D eigenvalue weighted by molar-refractivity contribution is 5.45. The molecule has 68 heavy (non-hydrogen) atoms. The Kier molecular flexibility index (Phi) is 17.5. The van der Waals surface area contributed by atoms with Crippen LogP contribution in [0.15, 0.2) is 84.9 Å². The van der Waals surface area contributed by atoms with E-state index in [0.717, 1.165) is 83.8 Å². The van der Waals surface area contributed by atoms with Crippen LogP contribution in [0.3, 0.4) is 0 Å². The number of aliphatic hydroxyl groups is 4. The molecule has 0 aromatic heterocycles. The minimum absolute atomic E-state index is 0.0729. The largest absolute Gasteiger partial charge is 0.492 e. The molecular formula is C52H66F6N4O6. The Balaban J connectivity index is 0.000000201. The van der Waals surface area contributed by atoms with E-state index in [1.807, 2.05) is 98.8 Å². The summed E-state index contributed by atoms with van der Waals surface area (Å²) in [6, 6.07) is 25.2. The lowest BCUT2D eigenvalue weighted by molar-refractivity contribution is -0.0864. The van der Waals surface area contributed by atoms with Gasteiger partial charge in [-0.3, -0.25) is 28.4 Å². The third-order valence-electron chi connectivity index (χ3n) is 13.7. The number of rotatable bonds is 20. The number of ether oxygens (including phenoxy) is 2. The van der Waals surface area contributed by atoms with Crippen LogP contribution >= 0.6 is 0 Å². The molecule has 0 radical (unpaired) electrons. The molecule has 0 bridgehead atoms. The van der Waals surface area contributed by atoms with Gasteiger partial charge >= 0.3 is 0 Å². The van der Waals surface area contributed by atoms with Crippen LogP contribution in [-0.4, -0.2) is 156 Å². The van der Waals surface area contributed by atoms with E-state index in [0.29, 0.717) is 37.6 Å². The molecule has 0 amide bonds. The van der Waals surface area contributed by atoms with Crippen molar-refractivity contribution in [1.29, 1.82) is 0 Å². The van der Waals surface area contributed by atoms with Crippen molar-refractivity contribution in [2.24, 2.45) is 11.8 Å². The summed E-state index contributed by atoms with van der Waals surface area (Å²) >= 11 is 0. The molecule has 2 fully saturated rings. The molecule has 10 nitrogen and oxygen atoms in total. The van der Waals surface area contributed by atoms with Gasteiger partial charge in [0, 0.05) is 63.2 Å². The monoisotopic (exact) mass is 956 g/mol. The summed E-state index contributed by atoms with van der Waals surface area (Å²) in [4.78, 5) is 7.80. The van der Waals surface area contributed by atoms with Crippen molar-refractivity contribution < 1.29 is 56.2 Å². The minimum Gasteiger partial charge on any atom is -0.492 e. The quantitative estimate of drug-likeness (QED) is 0.0703. The summed E-state index contributed by atoms with van der Waals surface area (Å²) in [5.74, 6) is -4.74. The maximum atomic E-state index is 14.3. The van der Waals surface area contributed by atoms with Gasteiger partial charge in [0.2, 0.25) is 0 Å². The standard InChI is InChI=1S/2C26H33F3N2O3/c2*1-18-10-22-11-19(15-32)2-7-24(22)25(31(18)16-26(28,29)17-33)21-3-5-23(6-4-21)34-9-8-30-13-20(12-27)14-30/h2*2-7,11,18,20,25,32-33H,8-10,12-17H2,1H3/t2*18-,25-/m10/s1. The summed E-state index contributed by atoms with van der Waals surface area (Å²) in [7, 11) is 0. The number of fused-ring (bicyclic) bond motifs is 2. The van der Waals surface area contributed by atoms with E-state index in [1.165, 1.54) is 0 Å². The van der Waals surface area contributed by atoms with E-state index < -0.39 is 50.2 Å². The summed E-state index contributed by atoms with van der Waals surface area (Å²) in [6.45, 7) is 5.18.